The molecule has 0 spiro atoms. The summed E-state index contributed by atoms with van der Waals surface area (Å²) in [5.74, 6) is 2.50. The van der Waals surface area contributed by atoms with Crippen LogP contribution in [0.3, 0.4) is 0 Å². The minimum atomic E-state index is 0.141. The third kappa shape index (κ3) is 6.31. The molecule has 0 unspecified atom stereocenters. The highest BCUT2D eigenvalue weighted by Gasteiger charge is 2.21. The number of hydrogen-bond acceptors (Lipinski definition) is 6. The summed E-state index contributed by atoms with van der Waals surface area (Å²) < 4.78 is 10.7. The largest absolute Gasteiger partial charge is 0.454 e. The molecule has 4 aromatic heterocycles. The first-order valence-electron chi connectivity index (χ1n) is 20.7. The van der Waals surface area contributed by atoms with E-state index in [-0.39, 0.29) is 5.84 Å². The first-order chi connectivity index (χ1) is 31.1. The van der Waals surface area contributed by atoms with Gasteiger partial charge in [0, 0.05) is 69.8 Å². The van der Waals surface area contributed by atoms with Crippen LogP contribution >= 0.6 is 11.3 Å². The number of aromatic nitrogens is 4. The van der Waals surface area contributed by atoms with Crippen molar-refractivity contribution in [2.24, 2.45) is 4.99 Å². The number of thiophene rings is 1. The Morgan fingerprint density at radius 3 is 2.03 bits per heavy atom. The minimum absolute atomic E-state index is 0.141. The molecular formula is C55H34N6OS. The number of furan rings is 1. The van der Waals surface area contributed by atoms with Crippen molar-refractivity contribution in [1.29, 1.82) is 5.41 Å². The van der Waals surface area contributed by atoms with Crippen LogP contribution in [0.4, 0.5) is 0 Å². The lowest BCUT2D eigenvalue weighted by Gasteiger charge is -2.11. The van der Waals surface area contributed by atoms with E-state index in [9.17, 15) is 5.41 Å². The second-order valence-electron chi connectivity index (χ2n) is 15.4. The molecular weight excluding hydrogens is 793 g/mol. The highest BCUT2D eigenvalue weighted by Crippen LogP contribution is 2.42. The zero-order chi connectivity index (χ0) is 41.9. The Morgan fingerprint density at radius 1 is 0.540 bits per heavy atom. The van der Waals surface area contributed by atoms with Crippen molar-refractivity contribution in [3.8, 4) is 39.9 Å². The molecule has 0 fully saturated rings. The van der Waals surface area contributed by atoms with E-state index in [1.807, 2.05) is 115 Å². The summed E-state index contributed by atoms with van der Waals surface area (Å²) in [6.07, 6.45) is 0. The van der Waals surface area contributed by atoms with E-state index in [0.29, 0.717) is 28.9 Å². The van der Waals surface area contributed by atoms with Gasteiger partial charge in [-0.1, -0.05) is 152 Å². The second kappa shape index (κ2) is 15.0. The predicted octanol–water partition coefficient (Wildman–Crippen LogP) is 13.9. The number of hydrogen-bond donors (Lipinski definition) is 1. The Hall–Kier alpha value is -8.33. The number of aliphatic imine (C=N–C) groups is 1. The maximum atomic E-state index is 9.56. The Bertz CT molecular complexity index is 3720. The van der Waals surface area contributed by atoms with Gasteiger partial charge in [-0.2, -0.15) is 0 Å². The number of nitrogens with one attached hydrogen (secondary N) is 1. The molecule has 0 saturated carbocycles. The van der Waals surface area contributed by atoms with Gasteiger partial charge in [0.1, 0.15) is 11.3 Å². The zero-order valence-electron chi connectivity index (χ0n) is 33.6. The third-order valence-electron chi connectivity index (χ3n) is 11.6. The Balaban J connectivity index is 1.02. The van der Waals surface area contributed by atoms with E-state index in [0.717, 1.165) is 81.1 Å². The average Bonchev–Trinajstić information content (AvgIpc) is 4.06. The quantitative estimate of drug-likeness (QED) is 0.128. The van der Waals surface area contributed by atoms with Crippen LogP contribution in [0.25, 0.3) is 92.8 Å². The van der Waals surface area contributed by atoms with Gasteiger partial charge in [-0.25, -0.2) is 19.9 Å². The van der Waals surface area contributed by atoms with Crippen molar-refractivity contribution >= 4 is 75.8 Å². The van der Waals surface area contributed by atoms with Crippen molar-refractivity contribution in [2.45, 2.75) is 0 Å². The van der Waals surface area contributed by atoms with E-state index in [4.69, 9.17) is 24.4 Å². The third-order valence-corrected chi connectivity index (χ3v) is 12.8. The average molecular weight is 827 g/mol. The van der Waals surface area contributed by atoms with Crippen LogP contribution in [0.1, 0.15) is 16.9 Å². The molecule has 12 aromatic rings. The molecule has 1 N–H and O–H groups in total. The molecule has 0 radical (unpaired) electrons. The maximum Gasteiger partial charge on any atom is 0.165 e. The van der Waals surface area contributed by atoms with Gasteiger partial charge in [0.15, 0.2) is 29.1 Å². The predicted molar refractivity (Wildman–Crippen MR) is 258 cm³/mol. The van der Waals surface area contributed by atoms with Crippen molar-refractivity contribution in [3.63, 3.8) is 0 Å². The van der Waals surface area contributed by atoms with Gasteiger partial charge in [-0.05, 0) is 48.5 Å². The van der Waals surface area contributed by atoms with Crippen LogP contribution in [-0.2, 0) is 0 Å². The highest BCUT2D eigenvalue weighted by atomic mass is 32.1. The Kier molecular flexibility index (Phi) is 8.69. The molecule has 8 heteroatoms. The molecule has 0 atom stereocenters. The number of rotatable bonds is 7. The summed E-state index contributed by atoms with van der Waals surface area (Å²) >= 11 is 1.67. The van der Waals surface area contributed by atoms with E-state index in [2.05, 4.69) is 89.5 Å². The number of benzene rings is 8. The highest BCUT2D eigenvalue weighted by molar-refractivity contribution is 7.26. The normalized spacial score (nSPS) is 12.0. The lowest BCUT2D eigenvalue weighted by Crippen LogP contribution is -2.07. The standard InChI is InChI=1S/C55H34N6OS/c56-52(57-50(34-16-4-1-5-17-34)47-33-36-20-10-13-28-46(36)62-47)42-25-15-29-48-49(42)41-24-14-26-43(51(41)63-48)55-59-53(35-18-6-2-7-19-35)58-54(60-55)37-30-31-40-39-23-11-12-27-44(39)61(45(40)32-37)38-21-8-3-9-22-38/h1-33,56H. The molecule has 4 heterocycles. The first-order valence-corrected chi connectivity index (χ1v) is 21.5. The van der Waals surface area contributed by atoms with Gasteiger partial charge in [-0.15, -0.1) is 11.3 Å². The molecule has 0 saturated heterocycles. The summed E-state index contributed by atoms with van der Waals surface area (Å²) in [4.78, 5) is 20.6. The van der Waals surface area contributed by atoms with E-state index in [1.54, 1.807) is 11.3 Å². The monoisotopic (exact) mass is 826 g/mol. The topological polar surface area (TPSA) is 93.0 Å². The molecule has 63 heavy (non-hydrogen) atoms. The summed E-state index contributed by atoms with van der Waals surface area (Å²) in [5.41, 5.74) is 8.94. The summed E-state index contributed by atoms with van der Waals surface area (Å²) in [5, 5.41) is 14.8. The molecule has 8 aromatic carbocycles. The van der Waals surface area contributed by atoms with Gasteiger partial charge in [0.2, 0.25) is 0 Å². The second-order valence-corrected chi connectivity index (χ2v) is 16.4. The van der Waals surface area contributed by atoms with Crippen LogP contribution in [-0.4, -0.2) is 31.1 Å². The molecule has 0 bridgehead atoms. The lowest BCUT2D eigenvalue weighted by atomic mass is 10.0. The Labute approximate surface area is 365 Å². The van der Waals surface area contributed by atoms with Crippen molar-refractivity contribution in [1.82, 2.24) is 19.5 Å². The van der Waals surface area contributed by atoms with Gasteiger partial charge in [0.05, 0.1) is 11.0 Å². The molecule has 0 aliphatic rings. The number of para-hydroxylation sites is 3. The van der Waals surface area contributed by atoms with E-state index >= 15 is 0 Å². The van der Waals surface area contributed by atoms with Crippen LogP contribution < -0.4 is 0 Å². The lowest BCUT2D eigenvalue weighted by molar-refractivity contribution is 0.605. The summed E-state index contributed by atoms with van der Waals surface area (Å²) in [6.45, 7) is 0. The molecule has 0 aliphatic carbocycles. The van der Waals surface area contributed by atoms with Crippen LogP contribution in [0.15, 0.2) is 210 Å². The van der Waals surface area contributed by atoms with E-state index in [1.165, 1.54) is 5.39 Å². The first kappa shape index (κ1) is 36.5. The fraction of sp³-hybridized carbons (Fsp3) is 0. The van der Waals surface area contributed by atoms with Crippen LogP contribution in [0, 0.1) is 5.41 Å². The van der Waals surface area contributed by atoms with Crippen molar-refractivity contribution in [3.05, 3.63) is 217 Å². The molecule has 7 nitrogen and oxygen atoms in total. The van der Waals surface area contributed by atoms with Crippen molar-refractivity contribution < 1.29 is 4.42 Å². The molecule has 0 amide bonds. The SMILES string of the molecule is N=C(N=C(c1ccccc1)c1cc2ccccc2o1)c1cccc2sc3c(-c4nc(-c5ccccc5)nc(-c5ccc6c7ccccc7n(-c7ccccc7)c6c5)n4)cccc3c12. The summed E-state index contributed by atoms with van der Waals surface area (Å²) in [7, 11) is 0. The smallest absolute Gasteiger partial charge is 0.165 e. The number of nitrogens with zero attached hydrogens (tertiary/aromatic N) is 5. The van der Waals surface area contributed by atoms with Gasteiger partial charge in [-0.3, -0.25) is 5.41 Å². The fourth-order valence-corrected chi connectivity index (χ4v) is 9.89. The number of amidine groups is 1. The van der Waals surface area contributed by atoms with Crippen LogP contribution in [0.2, 0.25) is 0 Å². The molecule has 0 aliphatic heterocycles. The molecule has 296 valence electrons. The maximum absolute atomic E-state index is 9.56. The minimum Gasteiger partial charge on any atom is -0.454 e. The molecule has 12 rings (SSSR count). The van der Waals surface area contributed by atoms with Gasteiger partial charge >= 0.3 is 0 Å². The van der Waals surface area contributed by atoms with Crippen LogP contribution in [0.5, 0.6) is 0 Å². The van der Waals surface area contributed by atoms with Gasteiger partial charge < -0.3 is 8.98 Å². The van der Waals surface area contributed by atoms with Gasteiger partial charge in [0.25, 0.3) is 0 Å². The summed E-state index contributed by atoms with van der Waals surface area (Å²) in [6, 6.07) is 67.8. The van der Waals surface area contributed by atoms with Crippen molar-refractivity contribution in [2.75, 3.05) is 0 Å². The number of fused-ring (bicyclic) bond motifs is 7. The van der Waals surface area contributed by atoms with E-state index < -0.39 is 0 Å². The Morgan fingerprint density at radius 2 is 1.21 bits per heavy atom. The zero-order valence-corrected chi connectivity index (χ0v) is 34.4. The fourth-order valence-electron chi connectivity index (χ4n) is 8.66.